The molecule has 0 unspecified atom stereocenters. The van der Waals surface area contributed by atoms with Crippen LogP contribution in [-0.2, 0) is 9.63 Å². The Kier molecular flexibility index (Phi) is 2.19. The van der Waals surface area contributed by atoms with Crippen molar-refractivity contribution in [3.8, 4) is 0 Å². The van der Waals surface area contributed by atoms with Gasteiger partial charge in [-0.25, -0.2) is 4.79 Å². The van der Waals surface area contributed by atoms with E-state index in [0.29, 0.717) is 12.1 Å². The average Bonchev–Trinajstić information content (AvgIpc) is 2.64. The quantitative estimate of drug-likeness (QED) is 0.798. The molecule has 0 amide bonds. The summed E-state index contributed by atoms with van der Waals surface area (Å²) in [7, 11) is 0. The lowest BCUT2D eigenvalue weighted by Gasteiger charge is -2.14. The molecule has 0 saturated carbocycles. The lowest BCUT2D eigenvalue weighted by atomic mass is 9.96. The molecule has 78 valence electrons. The minimum atomic E-state index is -1.22. The topological polar surface area (TPSA) is 58.9 Å². The lowest BCUT2D eigenvalue weighted by Crippen LogP contribution is -2.35. The zero-order chi connectivity index (χ0) is 10.9. The van der Waals surface area contributed by atoms with Gasteiger partial charge in [0.1, 0.15) is 0 Å². The first-order chi connectivity index (χ1) is 7.12. The second-order valence-corrected chi connectivity index (χ2v) is 3.71. The average molecular weight is 205 g/mol. The summed E-state index contributed by atoms with van der Waals surface area (Å²) in [6.45, 7) is 1.52. The fourth-order valence-electron chi connectivity index (χ4n) is 1.44. The van der Waals surface area contributed by atoms with E-state index in [9.17, 15) is 4.79 Å². The zero-order valence-corrected chi connectivity index (χ0v) is 8.30. The van der Waals surface area contributed by atoms with Gasteiger partial charge in [-0.1, -0.05) is 35.5 Å². The molecule has 1 aliphatic heterocycles. The first-order valence-corrected chi connectivity index (χ1v) is 4.66. The number of carboxylic acid groups (broad SMARTS) is 1. The van der Waals surface area contributed by atoms with Crippen molar-refractivity contribution in [1.82, 2.24) is 0 Å². The molecule has 0 fully saturated rings. The minimum Gasteiger partial charge on any atom is -0.478 e. The molecule has 1 atom stereocenters. The molecule has 0 bridgehead atoms. The maximum absolute atomic E-state index is 10.9. The third-order valence-corrected chi connectivity index (χ3v) is 2.42. The highest BCUT2D eigenvalue weighted by molar-refractivity contribution is 6.04. The molecule has 1 aliphatic rings. The Bertz CT molecular complexity index is 413. The molecule has 15 heavy (non-hydrogen) atoms. The van der Waals surface area contributed by atoms with Crippen LogP contribution in [0.25, 0.3) is 0 Å². The smallest absolute Gasteiger partial charge is 0.351 e. The van der Waals surface area contributed by atoms with Crippen molar-refractivity contribution in [2.24, 2.45) is 5.16 Å². The number of oxime groups is 1. The summed E-state index contributed by atoms with van der Waals surface area (Å²) in [5.74, 6) is -0.989. The fraction of sp³-hybridized carbons (Fsp3) is 0.273. The maximum atomic E-state index is 10.9. The van der Waals surface area contributed by atoms with Crippen LogP contribution in [0.4, 0.5) is 0 Å². The molecule has 1 N–H and O–H groups in total. The number of aliphatic carboxylic acids is 1. The van der Waals surface area contributed by atoms with E-state index in [1.165, 1.54) is 6.92 Å². The van der Waals surface area contributed by atoms with Crippen molar-refractivity contribution < 1.29 is 14.7 Å². The monoisotopic (exact) mass is 205 g/mol. The summed E-state index contributed by atoms with van der Waals surface area (Å²) >= 11 is 0. The third-order valence-electron chi connectivity index (χ3n) is 2.42. The van der Waals surface area contributed by atoms with Crippen LogP contribution in [0.1, 0.15) is 18.9 Å². The number of hydrogen-bond donors (Lipinski definition) is 1. The highest BCUT2D eigenvalue weighted by Crippen LogP contribution is 2.26. The Morgan fingerprint density at radius 2 is 2.13 bits per heavy atom. The normalized spacial score (nSPS) is 24.5. The number of benzene rings is 1. The van der Waals surface area contributed by atoms with Crippen molar-refractivity contribution in [3.63, 3.8) is 0 Å². The Hall–Kier alpha value is -1.84. The van der Waals surface area contributed by atoms with Gasteiger partial charge in [-0.15, -0.1) is 0 Å². The Balaban J connectivity index is 2.21. The van der Waals surface area contributed by atoms with Crippen LogP contribution in [0.5, 0.6) is 0 Å². The fourth-order valence-corrected chi connectivity index (χ4v) is 1.44. The van der Waals surface area contributed by atoms with Crippen LogP contribution in [0.2, 0.25) is 0 Å². The number of rotatable bonds is 2. The predicted molar refractivity (Wildman–Crippen MR) is 54.7 cm³/mol. The van der Waals surface area contributed by atoms with E-state index in [1.54, 1.807) is 0 Å². The van der Waals surface area contributed by atoms with Gasteiger partial charge in [0, 0.05) is 6.42 Å². The summed E-state index contributed by atoms with van der Waals surface area (Å²) < 4.78 is 0. The van der Waals surface area contributed by atoms with Gasteiger partial charge >= 0.3 is 5.97 Å². The van der Waals surface area contributed by atoms with Gasteiger partial charge in [0.25, 0.3) is 0 Å². The number of carbonyl (C=O) groups is 1. The van der Waals surface area contributed by atoms with Crippen molar-refractivity contribution in [3.05, 3.63) is 35.9 Å². The van der Waals surface area contributed by atoms with E-state index in [-0.39, 0.29) is 0 Å². The van der Waals surface area contributed by atoms with Crippen molar-refractivity contribution >= 4 is 11.7 Å². The van der Waals surface area contributed by atoms with Crippen molar-refractivity contribution in [2.75, 3.05) is 0 Å². The lowest BCUT2D eigenvalue weighted by molar-refractivity contribution is -0.160. The second kappa shape index (κ2) is 3.38. The number of hydrogen-bond acceptors (Lipinski definition) is 3. The molecule has 0 spiro atoms. The highest BCUT2D eigenvalue weighted by Gasteiger charge is 2.42. The highest BCUT2D eigenvalue weighted by atomic mass is 16.7. The van der Waals surface area contributed by atoms with Crippen LogP contribution < -0.4 is 0 Å². The number of nitrogens with zero attached hydrogens (tertiary/aromatic N) is 1. The third kappa shape index (κ3) is 1.70. The molecule has 2 rings (SSSR count). The molecular weight excluding hydrogens is 194 g/mol. The molecule has 1 aromatic carbocycles. The van der Waals surface area contributed by atoms with Crippen molar-refractivity contribution in [2.45, 2.75) is 18.9 Å². The predicted octanol–water partition coefficient (Wildman–Crippen LogP) is 1.65. The summed E-state index contributed by atoms with van der Waals surface area (Å²) in [4.78, 5) is 15.9. The molecule has 0 aromatic heterocycles. The summed E-state index contributed by atoms with van der Waals surface area (Å²) in [5.41, 5.74) is 0.369. The van der Waals surface area contributed by atoms with Gasteiger partial charge in [0.05, 0.1) is 5.71 Å². The van der Waals surface area contributed by atoms with E-state index >= 15 is 0 Å². The molecule has 1 aromatic rings. The molecule has 0 radical (unpaired) electrons. The molecular formula is C11H11NO3. The van der Waals surface area contributed by atoms with Crippen LogP contribution in [-0.4, -0.2) is 22.4 Å². The summed E-state index contributed by atoms with van der Waals surface area (Å²) in [6.07, 6.45) is 0.298. The molecule has 4 nitrogen and oxygen atoms in total. The summed E-state index contributed by atoms with van der Waals surface area (Å²) in [5, 5.41) is 12.8. The molecule has 4 heteroatoms. The Morgan fingerprint density at radius 1 is 1.47 bits per heavy atom. The van der Waals surface area contributed by atoms with E-state index in [4.69, 9.17) is 9.94 Å². The van der Waals surface area contributed by atoms with Crippen LogP contribution >= 0.6 is 0 Å². The van der Waals surface area contributed by atoms with Gasteiger partial charge in [-0.05, 0) is 12.5 Å². The first-order valence-electron chi connectivity index (χ1n) is 4.66. The van der Waals surface area contributed by atoms with Gasteiger partial charge in [0.2, 0.25) is 5.60 Å². The second-order valence-electron chi connectivity index (χ2n) is 3.71. The van der Waals surface area contributed by atoms with Crippen LogP contribution in [0.3, 0.4) is 0 Å². The summed E-state index contributed by atoms with van der Waals surface area (Å²) in [6, 6.07) is 9.43. The number of carboxylic acids is 1. The first kappa shape index (κ1) is 9.71. The van der Waals surface area contributed by atoms with E-state index in [1.807, 2.05) is 30.3 Å². The van der Waals surface area contributed by atoms with E-state index in [2.05, 4.69) is 5.16 Å². The standard InChI is InChI=1S/C11H11NO3/c1-11(10(13)14)7-9(12-15-11)8-5-3-2-4-6-8/h2-6H,7H2,1H3,(H,13,14)/t11-/m0/s1. The Labute approximate surface area is 87.2 Å². The van der Waals surface area contributed by atoms with Gasteiger partial charge in [0.15, 0.2) is 0 Å². The SMILES string of the molecule is C[C@@]1(C(=O)O)CC(c2ccccc2)=NO1. The molecule has 0 saturated heterocycles. The zero-order valence-electron chi connectivity index (χ0n) is 8.30. The van der Waals surface area contributed by atoms with E-state index in [0.717, 1.165) is 5.56 Å². The molecule has 0 aliphatic carbocycles. The molecule has 1 heterocycles. The van der Waals surface area contributed by atoms with Gasteiger partial charge < -0.3 is 9.94 Å². The van der Waals surface area contributed by atoms with Crippen LogP contribution in [0, 0.1) is 0 Å². The van der Waals surface area contributed by atoms with E-state index < -0.39 is 11.6 Å². The minimum absolute atomic E-state index is 0.298. The van der Waals surface area contributed by atoms with Crippen LogP contribution in [0.15, 0.2) is 35.5 Å². The van der Waals surface area contributed by atoms with Gasteiger partial charge in [-0.3, -0.25) is 0 Å². The van der Waals surface area contributed by atoms with Gasteiger partial charge in [-0.2, -0.15) is 0 Å². The Morgan fingerprint density at radius 3 is 2.67 bits per heavy atom. The maximum Gasteiger partial charge on any atom is 0.351 e. The largest absolute Gasteiger partial charge is 0.478 e. The van der Waals surface area contributed by atoms with Crippen molar-refractivity contribution in [1.29, 1.82) is 0 Å².